The number of carboxylic acid groups (broad SMARTS) is 1. The summed E-state index contributed by atoms with van der Waals surface area (Å²) in [5.41, 5.74) is 2.97. The van der Waals surface area contributed by atoms with Gasteiger partial charge in [0.15, 0.2) is 5.65 Å². The molecule has 0 radical (unpaired) electrons. The maximum Gasteiger partial charge on any atom is 0.452 e. The molecular weight excluding hydrogens is 585 g/mol. The number of aromatic nitrogens is 4. The van der Waals surface area contributed by atoms with Gasteiger partial charge in [0.25, 0.3) is 0 Å². The Morgan fingerprint density at radius 1 is 1.16 bits per heavy atom. The maximum atomic E-state index is 13.8. The van der Waals surface area contributed by atoms with Crippen LogP contribution in [0.5, 0.6) is 0 Å². The van der Waals surface area contributed by atoms with Crippen LogP contribution in [0.4, 0.5) is 19.0 Å². The predicted molar refractivity (Wildman–Crippen MR) is 152 cm³/mol. The van der Waals surface area contributed by atoms with Crippen LogP contribution in [0.2, 0.25) is 0 Å². The fourth-order valence-corrected chi connectivity index (χ4v) is 7.46. The third-order valence-corrected chi connectivity index (χ3v) is 10.0. The number of halogens is 3. The van der Waals surface area contributed by atoms with Crippen molar-refractivity contribution in [1.82, 2.24) is 23.9 Å². The van der Waals surface area contributed by atoms with Crippen LogP contribution in [0, 0.1) is 13.8 Å². The smallest absolute Gasteiger partial charge is 0.452 e. The normalized spacial score (nSPS) is 18.6. The Labute approximate surface area is 246 Å². The SMILES string of the molecule is C.Cc1ccc([C@H](CC(=O)O)c2ccn3c(C(F)(F)F)nnc3c2C)cc1CN1C[C@H]2CCN2c2ncccc2S1(=O)=O. The second kappa shape index (κ2) is 10.9. The molecule has 4 aromatic rings. The molecule has 1 N–H and O–H groups in total. The molecule has 43 heavy (non-hydrogen) atoms. The third-order valence-electron chi connectivity index (χ3n) is 8.20. The van der Waals surface area contributed by atoms with E-state index in [1.165, 1.54) is 16.6 Å². The van der Waals surface area contributed by atoms with Gasteiger partial charge in [0.1, 0.15) is 10.7 Å². The summed E-state index contributed by atoms with van der Waals surface area (Å²) in [6.45, 7) is 4.52. The van der Waals surface area contributed by atoms with Gasteiger partial charge in [-0.3, -0.25) is 9.20 Å². The summed E-state index contributed by atoms with van der Waals surface area (Å²) in [5, 5.41) is 16.8. The van der Waals surface area contributed by atoms with E-state index in [-0.39, 0.29) is 43.5 Å². The zero-order chi connectivity index (χ0) is 30.0. The largest absolute Gasteiger partial charge is 0.481 e. The number of hydrogen-bond acceptors (Lipinski definition) is 7. The number of carboxylic acids is 1. The number of alkyl halides is 3. The van der Waals surface area contributed by atoms with Gasteiger partial charge in [0, 0.05) is 44.0 Å². The molecule has 0 unspecified atom stereocenters. The number of fused-ring (bicyclic) bond motifs is 4. The average Bonchev–Trinajstić information content (AvgIpc) is 3.34. The van der Waals surface area contributed by atoms with Crippen LogP contribution in [0.1, 0.15) is 59.8 Å². The molecule has 228 valence electrons. The molecule has 5 heterocycles. The van der Waals surface area contributed by atoms with Crippen LogP contribution in [-0.4, -0.2) is 62.5 Å². The van der Waals surface area contributed by atoms with Crippen LogP contribution in [0.3, 0.4) is 0 Å². The Hall–Kier alpha value is -4.04. The molecule has 1 fully saturated rings. The summed E-state index contributed by atoms with van der Waals surface area (Å²) < 4.78 is 70.1. The highest BCUT2D eigenvalue weighted by atomic mass is 32.2. The minimum atomic E-state index is -4.71. The number of pyridine rings is 2. The Kier molecular flexibility index (Phi) is 7.71. The van der Waals surface area contributed by atoms with Gasteiger partial charge in [-0.15, -0.1) is 10.2 Å². The van der Waals surface area contributed by atoms with Crippen LogP contribution in [0.25, 0.3) is 5.65 Å². The van der Waals surface area contributed by atoms with Crippen molar-refractivity contribution in [2.45, 2.75) is 63.7 Å². The van der Waals surface area contributed by atoms with Crippen LogP contribution < -0.4 is 4.90 Å². The Balaban J connectivity index is 0.00000368. The van der Waals surface area contributed by atoms with E-state index in [4.69, 9.17) is 0 Å². The van der Waals surface area contributed by atoms with Crippen molar-refractivity contribution in [2.24, 2.45) is 0 Å². The lowest BCUT2D eigenvalue weighted by atomic mass is 9.85. The molecule has 14 heteroatoms. The highest BCUT2D eigenvalue weighted by Gasteiger charge is 2.42. The molecule has 3 aromatic heterocycles. The minimum Gasteiger partial charge on any atom is -0.481 e. The second-order valence-electron chi connectivity index (χ2n) is 10.7. The molecule has 10 nitrogen and oxygen atoms in total. The number of aryl methyl sites for hydroxylation is 2. The topological polar surface area (TPSA) is 121 Å². The highest BCUT2D eigenvalue weighted by Crippen LogP contribution is 2.38. The van der Waals surface area contributed by atoms with Gasteiger partial charge in [0.2, 0.25) is 15.8 Å². The van der Waals surface area contributed by atoms with E-state index >= 15 is 0 Å². The first-order valence-corrected chi connectivity index (χ1v) is 14.7. The van der Waals surface area contributed by atoms with Crippen molar-refractivity contribution in [2.75, 3.05) is 18.0 Å². The highest BCUT2D eigenvalue weighted by molar-refractivity contribution is 7.89. The van der Waals surface area contributed by atoms with Gasteiger partial charge in [-0.1, -0.05) is 25.6 Å². The fourth-order valence-electron chi connectivity index (χ4n) is 5.85. The van der Waals surface area contributed by atoms with E-state index in [1.807, 2.05) is 17.9 Å². The Morgan fingerprint density at radius 2 is 1.93 bits per heavy atom. The zero-order valence-corrected chi connectivity index (χ0v) is 23.5. The average molecular weight is 617 g/mol. The molecule has 0 amide bonds. The first-order valence-electron chi connectivity index (χ1n) is 13.3. The van der Waals surface area contributed by atoms with Crippen molar-refractivity contribution < 1.29 is 31.5 Å². The van der Waals surface area contributed by atoms with Crippen molar-refractivity contribution in [3.63, 3.8) is 0 Å². The van der Waals surface area contributed by atoms with Crippen molar-refractivity contribution in [1.29, 1.82) is 0 Å². The number of rotatable bonds is 6. The molecule has 0 spiro atoms. The van der Waals surface area contributed by atoms with Gasteiger partial charge < -0.3 is 10.0 Å². The first kappa shape index (κ1) is 30.4. The summed E-state index contributed by atoms with van der Waals surface area (Å²) in [6, 6.07) is 9.99. The molecule has 2 aliphatic heterocycles. The lowest BCUT2D eigenvalue weighted by Gasteiger charge is -2.41. The van der Waals surface area contributed by atoms with Gasteiger partial charge in [-0.2, -0.15) is 17.5 Å². The Morgan fingerprint density at radius 3 is 2.60 bits per heavy atom. The van der Waals surface area contributed by atoms with Crippen molar-refractivity contribution >= 4 is 27.5 Å². The molecule has 0 saturated carbocycles. The standard InChI is InChI=1S/C28H27F3N6O4S.CH4/c1-16-5-6-18(22(13-24(38)39)21-8-11-37-25(17(21)2)33-34-27(37)28(29,30)31)12-19(16)14-35-15-20-7-10-36(20)26-23(42(35,40)41)4-3-9-32-26;/h3-6,8-9,11-12,20,22H,7,10,13-15H2,1-2H3,(H,38,39);1H4/t20-,22+;/m1./s1. The summed E-state index contributed by atoms with van der Waals surface area (Å²) in [4.78, 5) is 18.5. The lowest BCUT2D eigenvalue weighted by molar-refractivity contribution is -0.145. The van der Waals surface area contributed by atoms with Crippen LogP contribution in [0.15, 0.2) is 53.7 Å². The number of benzene rings is 1. The monoisotopic (exact) mass is 616 g/mol. The minimum absolute atomic E-state index is 0. The summed E-state index contributed by atoms with van der Waals surface area (Å²) in [7, 11) is -3.88. The van der Waals surface area contributed by atoms with E-state index < -0.39 is 33.9 Å². The van der Waals surface area contributed by atoms with E-state index in [1.54, 1.807) is 37.4 Å². The van der Waals surface area contributed by atoms with Gasteiger partial charge in [-0.25, -0.2) is 13.4 Å². The number of anilines is 1. The maximum absolute atomic E-state index is 13.8. The lowest BCUT2D eigenvalue weighted by Crippen LogP contribution is -2.52. The molecule has 0 aliphatic carbocycles. The Bertz CT molecular complexity index is 1820. The van der Waals surface area contributed by atoms with Crippen LogP contribution >= 0.6 is 0 Å². The van der Waals surface area contributed by atoms with Crippen molar-refractivity contribution in [3.8, 4) is 0 Å². The zero-order valence-electron chi connectivity index (χ0n) is 22.7. The summed E-state index contributed by atoms with van der Waals surface area (Å²) in [6.07, 6.45) is -1.43. The molecule has 2 atom stereocenters. The molecular formula is C29H31F3N6O4S. The number of nitrogens with zero attached hydrogens (tertiary/aromatic N) is 6. The predicted octanol–water partition coefficient (Wildman–Crippen LogP) is 4.79. The van der Waals surface area contributed by atoms with E-state index in [0.717, 1.165) is 22.9 Å². The number of hydrogen-bond donors (Lipinski definition) is 1. The number of carbonyl (C=O) groups is 1. The van der Waals surface area contributed by atoms with Gasteiger partial charge in [-0.05, 0) is 66.3 Å². The van der Waals surface area contributed by atoms with E-state index in [9.17, 15) is 31.5 Å². The number of sulfonamides is 1. The van der Waals surface area contributed by atoms with Crippen LogP contribution in [-0.2, 0) is 27.5 Å². The van der Waals surface area contributed by atoms with E-state index in [2.05, 4.69) is 15.2 Å². The second-order valence-corrected chi connectivity index (χ2v) is 12.6. The molecule has 1 saturated heterocycles. The quantitative estimate of drug-likeness (QED) is 0.329. The molecule has 1 aromatic carbocycles. The third kappa shape index (κ3) is 5.22. The summed E-state index contributed by atoms with van der Waals surface area (Å²) in [5.74, 6) is -2.54. The first-order chi connectivity index (χ1) is 19.9. The molecule has 6 rings (SSSR count). The number of aliphatic carboxylic acids is 1. The summed E-state index contributed by atoms with van der Waals surface area (Å²) >= 11 is 0. The molecule has 2 aliphatic rings. The van der Waals surface area contributed by atoms with Crippen molar-refractivity contribution in [3.05, 3.63) is 82.4 Å². The van der Waals surface area contributed by atoms with E-state index in [0.29, 0.717) is 28.1 Å². The fraction of sp³-hybridized carbons (Fsp3) is 0.379. The van der Waals surface area contributed by atoms with Gasteiger partial charge in [0.05, 0.1) is 6.42 Å². The molecule has 0 bridgehead atoms. The van der Waals surface area contributed by atoms with Gasteiger partial charge >= 0.3 is 12.1 Å².